The molecule has 0 aromatic carbocycles. The molecule has 4 heteroatoms. The predicted molar refractivity (Wildman–Crippen MR) is 34.5 cm³/mol. The van der Waals surface area contributed by atoms with E-state index in [2.05, 4.69) is 9.35 Å². The van der Waals surface area contributed by atoms with E-state index in [0.29, 0.717) is 5.69 Å². The average Bonchev–Trinajstić information content (AvgIpc) is 1.91. The van der Waals surface area contributed by atoms with Crippen LogP contribution in [0.2, 0.25) is 0 Å². The van der Waals surface area contributed by atoms with Gasteiger partial charge in [-0.25, -0.2) is 0 Å². The van der Waals surface area contributed by atoms with Crippen LogP contribution in [0.25, 0.3) is 0 Å². The summed E-state index contributed by atoms with van der Waals surface area (Å²) in [6, 6.07) is 3.34. The lowest BCUT2D eigenvalue weighted by Crippen LogP contribution is -1.64. The van der Waals surface area contributed by atoms with Crippen LogP contribution in [0.15, 0.2) is 28.9 Å². The van der Waals surface area contributed by atoms with Crippen molar-refractivity contribution in [2.75, 3.05) is 0 Å². The minimum Gasteiger partial charge on any atom is -0.265 e. The molecular formula is C5H4N2OS. The molecule has 0 unspecified atom stereocenters. The van der Waals surface area contributed by atoms with E-state index in [1.165, 1.54) is 0 Å². The van der Waals surface area contributed by atoms with Crippen LogP contribution in [0, 0.1) is 0 Å². The summed E-state index contributed by atoms with van der Waals surface area (Å²) in [6.07, 6.45) is 3.18. The molecule has 9 heavy (non-hydrogen) atoms. The molecule has 0 amide bonds. The maximum atomic E-state index is 9.83. The van der Waals surface area contributed by atoms with Crippen molar-refractivity contribution in [2.45, 2.75) is 0 Å². The van der Waals surface area contributed by atoms with Crippen molar-refractivity contribution >= 4 is 17.2 Å². The molecule has 0 bridgehead atoms. The van der Waals surface area contributed by atoms with Gasteiger partial charge in [0, 0.05) is 12.4 Å². The van der Waals surface area contributed by atoms with Gasteiger partial charge in [0.15, 0.2) is 0 Å². The van der Waals surface area contributed by atoms with E-state index in [9.17, 15) is 4.21 Å². The lowest BCUT2D eigenvalue weighted by Gasteiger charge is -1.82. The second kappa shape index (κ2) is 3.09. The van der Waals surface area contributed by atoms with Crippen molar-refractivity contribution in [2.24, 2.45) is 4.36 Å². The Morgan fingerprint density at radius 1 is 1.44 bits per heavy atom. The van der Waals surface area contributed by atoms with Crippen molar-refractivity contribution in [3.63, 3.8) is 0 Å². The first kappa shape index (κ1) is 6.10. The van der Waals surface area contributed by atoms with Gasteiger partial charge in [-0.2, -0.15) is 8.57 Å². The van der Waals surface area contributed by atoms with E-state index in [0.717, 1.165) is 0 Å². The van der Waals surface area contributed by atoms with Crippen LogP contribution in [-0.4, -0.2) is 9.19 Å². The van der Waals surface area contributed by atoms with Crippen molar-refractivity contribution in [1.29, 1.82) is 0 Å². The highest BCUT2D eigenvalue weighted by molar-refractivity contribution is 7.54. The lowest BCUT2D eigenvalue weighted by atomic mass is 10.4. The number of rotatable bonds is 1. The second-order valence-electron chi connectivity index (χ2n) is 1.37. The number of aromatic nitrogens is 1. The molecular weight excluding hydrogens is 136 g/mol. The summed E-state index contributed by atoms with van der Waals surface area (Å²) in [5.41, 5.74) is 0.657. The van der Waals surface area contributed by atoms with Gasteiger partial charge in [0.1, 0.15) is 0 Å². The normalized spacial score (nSPS) is 8.44. The quantitative estimate of drug-likeness (QED) is 0.586. The molecule has 0 aliphatic heterocycles. The van der Waals surface area contributed by atoms with Gasteiger partial charge in [-0.15, -0.1) is 0 Å². The summed E-state index contributed by atoms with van der Waals surface area (Å²) in [5, 5.41) is 0. The molecule has 0 aliphatic carbocycles. The van der Waals surface area contributed by atoms with Gasteiger partial charge in [-0.3, -0.25) is 4.98 Å². The number of hydrogen-bond acceptors (Lipinski definition) is 3. The lowest BCUT2D eigenvalue weighted by molar-refractivity contribution is 0.698. The van der Waals surface area contributed by atoms with E-state index in [1.807, 2.05) is 0 Å². The second-order valence-corrected chi connectivity index (χ2v) is 1.70. The van der Waals surface area contributed by atoms with Crippen LogP contribution < -0.4 is 0 Å². The third kappa shape index (κ3) is 1.73. The Hall–Kier alpha value is -1.03. The van der Waals surface area contributed by atoms with Gasteiger partial charge in [0.05, 0.1) is 5.69 Å². The molecule has 0 aliphatic rings. The van der Waals surface area contributed by atoms with Gasteiger partial charge in [-0.05, 0) is 12.1 Å². The predicted octanol–water partition coefficient (Wildman–Crippen LogP) is 1.11. The zero-order valence-corrected chi connectivity index (χ0v) is 5.34. The molecule has 0 saturated carbocycles. The van der Waals surface area contributed by atoms with Crippen molar-refractivity contribution in [1.82, 2.24) is 4.98 Å². The summed E-state index contributed by atoms with van der Waals surface area (Å²) in [7, 11) is 0. The maximum Gasteiger partial charge on any atom is 0.205 e. The summed E-state index contributed by atoms with van der Waals surface area (Å²) in [6.45, 7) is 0. The molecule has 0 N–H and O–H groups in total. The zero-order valence-electron chi connectivity index (χ0n) is 4.52. The SMILES string of the molecule is O=S=Nc1ccncc1. The Balaban J connectivity index is 2.97. The fraction of sp³-hybridized carbons (Fsp3) is 0. The zero-order chi connectivity index (χ0) is 6.53. The van der Waals surface area contributed by atoms with E-state index in [4.69, 9.17) is 0 Å². The Kier molecular flexibility index (Phi) is 2.09. The molecule has 0 fully saturated rings. The first-order chi connectivity index (χ1) is 4.43. The van der Waals surface area contributed by atoms with Crippen LogP contribution >= 0.6 is 0 Å². The van der Waals surface area contributed by atoms with Crippen LogP contribution in [0.5, 0.6) is 0 Å². The highest BCUT2D eigenvalue weighted by atomic mass is 32.1. The van der Waals surface area contributed by atoms with E-state index in [-0.39, 0.29) is 11.5 Å². The summed E-state index contributed by atoms with van der Waals surface area (Å²) in [5.74, 6) is 0. The molecule has 1 aromatic heterocycles. The van der Waals surface area contributed by atoms with Crippen LogP contribution in [-0.2, 0) is 11.5 Å². The third-order valence-electron chi connectivity index (χ3n) is 0.805. The standard InChI is InChI=1S/C5H4N2OS/c8-9-7-5-1-3-6-4-2-5/h1-4H. The highest BCUT2D eigenvalue weighted by Crippen LogP contribution is 2.05. The van der Waals surface area contributed by atoms with Crippen molar-refractivity contribution in [3.8, 4) is 0 Å². The van der Waals surface area contributed by atoms with E-state index in [1.54, 1.807) is 24.5 Å². The van der Waals surface area contributed by atoms with Crippen LogP contribution in [0.4, 0.5) is 5.69 Å². The monoisotopic (exact) mass is 140 g/mol. The van der Waals surface area contributed by atoms with Gasteiger partial charge in [-0.1, -0.05) is 0 Å². The molecule has 0 spiro atoms. The van der Waals surface area contributed by atoms with E-state index >= 15 is 0 Å². The van der Waals surface area contributed by atoms with Gasteiger partial charge < -0.3 is 0 Å². The van der Waals surface area contributed by atoms with Crippen LogP contribution in [0.1, 0.15) is 0 Å². The van der Waals surface area contributed by atoms with Crippen molar-refractivity contribution < 1.29 is 4.21 Å². The fourth-order valence-corrected chi connectivity index (χ4v) is 0.656. The number of nitrogens with zero attached hydrogens (tertiary/aromatic N) is 2. The van der Waals surface area contributed by atoms with Gasteiger partial charge in [0.25, 0.3) is 0 Å². The summed E-state index contributed by atoms with van der Waals surface area (Å²) >= 11 is 0.202. The third-order valence-corrected chi connectivity index (χ3v) is 1.09. The molecule has 1 heterocycles. The maximum absolute atomic E-state index is 9.83. The average molecular weight is 140 g/mol. The Bertz CT molecular complexity index is 230. The molecule has 1 rings (SSSR count). The Labute approximate surface area is 56.0 Å². The summed E-state index contributed by atoms with van der Waals surface area (Å²) < 4.78 is 13.4. The van der Waals surface area contributed by atoms with Gasteiger partial charge >= 0.3 is 0 Å². The molecule has 3 nitrogen and oxygen atoms in total. The Morgan fingerprint density at radius 3 is 2.67 bits per heavy atom. The van der Waals surface area contributed by atoms with Gasteiger partial charge in [0.2, 0.25) is 11.5 Å². The first-order valence-corrected chi connectivity index (χ1v) is 3.03. The Morgan fingerprint density at radius 2 is 2.11 bits per heavy atom. The minimum atomic E-state index is 0.202. The number of pyridine rings is 1. The molecule has 0 atom stereocenters. The fourth-order valence-electron chi connectivity index (χ4n) is 0.448. The van der Waals surface area contributed by atoms with E-state index < -0.39 is 0 Å². The largest absolute Gasteiger partial charge is 0.265 e. The molecule has 0 saturated heterocycles. The summed E-state index contributed by atoms with van der Waals surface area (Å²) in [4.78, 5) is 3.76. The first-order valence-electron chi connectivity index (χ1n) is 2.33. The topological polar surface area (TPSA) is 42.3 Å². The number of hydrogen-bond donors (Lipinski definition) is 0. The molecule has 46 valence electrons. The van der Waals surface area contributed by atoms with Crippen LogP contribution in [0.3, 0.4) is 0 Å². The molecule has 1 aromatic rings. The highest BCUT2D eigenvalue weighted by Gasteiger charge is 1.81. The minimum absolute atomic E-state index is 0.202. The molecule has 0 radical (unpaired) electrons. The van der Waals surface area contributed by atoms with Crippen molar-refractivity contribution in [3.05, 3.63) is 24.5 Å². The smallest absolute Gasteiger partial charge is 0.205 e.